The SMILES string of the molecule is O=C(O)CCCCCCCCCCCN(c1ccccc1)c1nc2ccccc2o1. The number of carbonyl (C=O) groups is 1. The van der Waals surface area contributed by atoms with E-state index in [0.717, 1.165) is 49.0 Å². The molecule has 5 nitrogen and oxygen atoms in total. The third-order valence-corrected chi connectivity index (χ3v) is 5.35. The number of oxazole rings is 1. The number of carboxylic acids is 1. The van der Waals surface area contributed by atoms with Gasteiger partial charge in [-0.1, -0.05) is 75.3 Å². The summed E-state index contributed by atoms with van der Waals surface area (Å²) in [6, 6.07) is 18.8. The average molecular weight is 409 g/mol. The van der Waals surface area contributed by atoms with Gasteiger partial charge in [0.1, 0.15) is 5.52 Å². The lowest BCUT2D eigenvalue weighted by atomic mass is 10.1. The van der Waals surface area contributed by atoms with Gasteiger partial charge in [-0.2, -0.15) is 4.98 Å². The number of unbranched alkanes of at least 4 members (excludes halogenated alkanes) is 8. The fourth-order valence-corrected chi connectivity index (χ4v) is 3.70. The van der Waals surface area contributed by atoms with Gasteiger partial charge in [0.2, 0.25) is 0 Å². The van der Waals surface area contributed by atoms with Gasteiger partial charge in [0.05, 0.1) is 0 Å². The Morgan fingerprint density at radius 3 is 2.07 bits per heavy atom. The van der Waals surface area contributed by atoms with E-state index in [1.165, 1.54) is 32.1 Å². The van der Waals surface area contributed by atoms with Crippen molar-refractivity contribution in [2.45, 2.75) is 64.2 Å². The molecule has 30 heavy (non-hydrogen) atoms. The van der Waals surface area contributed by atoms with Gasteiger partial charge in [0, 0.05) is 18.7 Å². The summed E-state index contributed by atoms with van der Waals surface area (Å²) >= 11 is 0. The standard InChI is InChI=1S/C25H32N2O3/c28-24(29)19-11-6-4-2-1-3-5-7-14-20-27(21-15-9-8-10-16-21)25-26-22-17-12-13-18-23(22)30-25/h8-10,12-13,15-18H,1-7,11,14,19-20H2,(H,28,29). The molecule has 0 amide bonds. The van der Waals surface area contributed by atoms with Crippen LogP contribution < -0.4 is 4.90 Å². The predicted octanol–water partition coefficient (Wildman–Crippen LogP) is 6.95. The Hall–Kier alpha value is -2.82. The van der Waals surface area contributed by atoms with Crippen molar-refractivity contribution >= 4 is 28.8 Å². The smallest absolute Gasteiger partial charge is 0.303 e. The van der Waals surface area contributed by atoms with Crippen molar-refractivity contribution in [3.8, 4) is 0 Å². The first kappa shape index (κ1) is 21.9. The molecule has 0 saturated carbocycles. The van der Waals surface area contributed by atoms with Crippen molar-refractivity contribution in [2.24, 2.45) is 0 Å². The number of aliphatic carboxylic acids is 1. The van der Waals surface area contributed by atoms with Crippen LogP contribution in [0, 0.1) is 0 Å². The molecule has 0 radical (unpaired) electrons. The number of para-hydroxylation sites is 3. The molecule has 0 aliphatic heterocycles. The molecule has 0 aliphatic carbocycles. The van der Waals surface area contributed by atoms with Crippen LogP contribution in [0.1, 0.15) is 64.2 Å². The Morgan fingerprint density at radius 1 is 0.800 bits per heavy atom. The third-order valence-electron chi connectivity index (χ3n) is 5.35. The minimum absolute atomic E-state index is 0.304. The molecule has 1 N–H and O–H groups in total. The summed E-state index contributed by atoms with van der Waals surface area (Å²) in [5.74, 6) is -0.683. The fraction of sp³-hybridized carbons (Fsp3) is 0.440. The third kappa shape index (κ3) is 6.90. The molecule has 0 aliphatic rings. The van der Waals surface area contributed by atoms with Crippen LogP contribution in [0.3, 0.4) is 0 Å². The number of aromatic nitrogens is 1. The average Bonchev–Trinajstić information content (AvgIpc) is 3.19. The lowest BCUT2D eigenvalue weighted by molar-refractivity contribution is -0.137. The lowest BCUT2D eigenvalue weighted by Crippen LogP contribution is -2.18. The first-order valence-corrected chi connectivity index (χ1v) is 11.1. The molecular weight excluding hydrogens is 376 g/mol. The molecule has 0 atom stereocenters. The zero-order chi connectivity index (χ0) is 21.0. The minimum Gasteiger partial charge on any atom is -0.481 e. The summed E-state index contributed by atoms with van der Waals surface area (Å²) < 4.78 is 6.02. The zero-order valence-corrected chi connectivity index (χ0v) is 17.6. The fourth-order valence-electron chi connectivity index (χ4n) is 3.70. The van der Waals surface area contributed by atoms with E-state index in [1.807, 2.05) is 42.5 Å². The number of hydrogen-bond donors (Lipinski definition) is 1. The molecule has 1 heterocycles. The Balaban J connectivity index is 1.41. The van der Waals surface area contributed by atoms with Crippen LogP contribution >= 0.6 is 0 Å². The number of carboxylic acid groups (broad SMARTS) is 1. The van der Waals surface area contributed by atoms with Gasteiger partial charge in [0.25, 0.3) is 0 Å². The quantitative estimate of drug-likeness (QED) is 0.292. The number of benzene rings is 2. The van der Waals surface area contributed by atoms with Gasteiger partial charge in [-0.15, -0.1) is 0 Å². The summed E-state index contributed by atoms with van der Waals surface area (Å²) in [6.07, 6.45) is 10.5. The van der Waals surface area contributed by atoms with Crippen molar-refractivity contribution in [3.05, 3.63) is 54.6 Å². The first-order valence-electron chi connectivity index (χ1n) is 11.1. The molecule has 1 aromatic heterocycles. The monoisotopic (exact) mass is 408 g/mol. The van der Waals surface area contributed by atoms with Crippen LogP contribution in [0.4, 0.5) is 11.7 Å². The van der Waals surface area contributed by atoms with Gasteiger partial charge < -0.3 is 9.52 Å². The van der Waals surface area contributed by atoms with Gasteiger partial charge in [-0.3, -0.25) is 9.69 Å². The summed E-state index contributed by atoms with van der Waals surface area (Å²) in [5.41, 5.74) is 2.80. The number of hydrogen-bond acceptors (Lipinski definition) is 4. The maximum absolute atomic E-state index is 10.5. The highest BCUT2D eigenvalue weighted by atomic mass is 16.4. The van der Waals surface area contributed by atoms with Crippen LogP contribution in [0.25, 0.3) is 11.1 Å². The molecule has 0 saturated heterocycles. The van der Waals surface area contributed by atoms with E-state index >= 15 is 0 Å². The van der Waals surface area contributed by atoms with Gasteiger partial charge in [-0.25, -0.2) is 0 Å². The van der Waals surface area contributed by atoms with Crippen LogP contribution in [-0.4, -0.2) is 22.6 Å². The molecule has 0 fully saturated rings. The lowest BCUT2D eigenvalue weighted by Gasteiger charge is -2.20. The first-order chi connectivity index (χ1) is 14.7. The summed E-state index contributed by atoms with van der Waals surface area (Å²) in [6.45, 7) is 0.881. The number of nitrogens with zero attached hydrogens (tertiary/aromatic N) is 2. The number of rotatable bonds is 14. The van der Waals surface area contributed by atoms with Crippen LogP contribution in [-0.2, 0) is 4.79 Å². The Morgan fingerprint density at radius 2 is 1.40 bits per heavy atom. The van der Waals surface area contributed by atoms with E-state index in [-0.39, 0.29) is 0 Å². The molecule has 0 bridgehead atoms. The second-order valence-corrected chi connectivity index (χ2v) is 7.78. The van der Waals surface area contributed by atoms with Crippen LogP contribution in [0.2, 0.25) is 0 Å². The van der Waals surface area contributed by atoms with Crippen molar-refractivity contribution in [1.82, 2.24) is 4.98 Å². The van der Waals surface area contributed by atoms with E-state index in [4.69, 9.17) is 9.52 Å². The highest BCUT2D eigenvalue weighted by Gasteiger charge is 2.15. The predicted molar refractivity (Wildman–Crippen MR) is 121 cm³/mol. The Labute approximate surface area is 178 Å². The largest absolute Gasteiger partial charge is 0.481 e. The van der Waals surface area contributed by atoms with E-state index in [1.54, 1.807) is 0 Å². The highest BCUT2D eigenvalue weighted by molar-refractivity contribution is 5.75. The highest BCUT2D eigenvalue weighted by Crippen LogP contribution is 2.28. The van der Waals surface area contributed by atoms with E-state index in [9.17, 15) is 4.79 Å². The van der Waals surface area contributed by atoms with Crippen LogP contribution in [0.15, 0.2) is 59.0 Å². The molecule has 3 rings (SSSR count). The minimum atomic E-state index is -0.683. The van der Waals surface area contributed by atoms with Crippen molar-refractivity contribution in [1.29, 1.82) is 0 Å². The molecule has 0 unspecified atom stereocenters. The van der Waals surface area contributed by atoms with Gasteiger partial charge in [-0.05, 0) is 37.1 Å². The summed E-state index contributed by atoms with van der Waals surface area (Å²) in [5, 5.41) is 8.64. The normalized spacial score (nSPS) is 11.1. The topological polar surface area (TPSA) is 66.6 Å². The molecule has 2 aromatic carbocycles. The summed E-state index contributed by atoms with van der Waals surface area (Å²) in [7, 11) is 0. The Kier molecular flexibility index (Phi) is 8.76. The van der Waals surface area contributed by atoms with E-state index in [2.05, 4.69) is 22.0 Å². The van der Waals surface area contributed by atoms with E-state index < -0.39 is 5.97 Å². The van der Waals surface area contributed by atoms with E-state index in [0.29, 0.717) is 12.4 Å². The maximum atomic E-state index is 10.5. The molecule has 3 aromatic rings. The maximum Gasteiger partial charge on any atom is 0.303 e. The van der Waals surface area contributed by atoms with Crippen molar-refractivity contribution in [3.63, 3.8) is 0 Å². The second kappa shape index (κ2) is 12.0. The second-order valence-electron chi connectivity index (χ2n) is 7.78. The number of anilines is 2. The zero-order valence-electron chi connectivity index (χ0n) is 17.6. The molecule has 0 spiro atoms. The molecule has 160 valence electrons. The van der Waals surface area contributed by atoms with Crippen molar-refractivity contribution in [2.75, 3.05) is 11.4 Å². The molecule has 5 heteroatoms. The Bertz CT molecular complexity index is 859. The van der Waals surface area contributed by atoms with Gasteiger partial charge >= 0.3 is 12.0 Å². The van der Waals surface area contributed by atoms with Gasteiger partial charge in [0.15, 0.2) is 5.58 Å². The van der Waals surface area contributed by atoms with Crippen LogP contribution in [0.5, 0.6) is 0 Å². The summed E-state index contributed by atoms with van der Waals surface area (Å²) in [4.78, 5) is 17.4. The van der Waals surface area contributed by atoms with Crippen molar-refractivity contribution < 1.29 is 14.3 Å². The molecular formula is C25H32N2O3. The number of fused-ring (bicyclic) bond motifs is 1.